The zero-order valence-electron chi connectivity index (χ0n) is 14.8. The maximum Gasteiger partial charge on any atom is 0.344 e. The molecular formula is C21H16O7. The highest BCUT2D eigenvalue weighted by molar-refractivity contribution is 5.98. The number of ether oxygens (including phenoxy) is 3. The fourth-order valence-corrected chi connectivity index (χ4v) is 2.90. The molecule has 0 unspecified atom stereocenters. The molecule has 0 aliphatic carbocycles. The Morgan fingerprint density at radius 3 is 2.75 bits per heavy atom. The molecule has 2 aromatic carbocycles. The smallest absolute Gasteiger partial charge is 0.344 e. The second kappa shape index (κ2) is 7.56. The first-order valence-electron chi connectivity index (χ1n) is 8.70. The first kappa shape index (κ1) is 17.8. The van der Waals surface area contributed by atoms with Crippen molar-refractivity contribution in [1.82, 2.24) is 0 Å². The van der Waals surface area contributed by atoms with Gasteiger partial charge in [-0.1, -0.05) is 0 Å². The molecule has 0 spiro atoms. The molecule has 142 valence electrons. The van der Waals surface area contributed by atoms with Crippen LogP contribution in [0.25, 0.3) is 11.0 Å². The number of Topliss-reactive ketones (excluding diaryl/α,β-unsaturated/α-hetero) is 1. The Hall–Kier alpha value is -3.61. The summed E-state index contributed by atoms with van der Waals surface area (Å²) in [5, 5.41) is 0.736. The number of carbonyl (C=O) groups excluding carboxylic acids is 2. The normalized spacial score (nSPS) is 12.3. The zero-order chi connectivity index (χ0) is 19.5. The first-order chi connectivity index (χ1) is 13.6. The predicted octanol–water partition coefficient (Wildman–Crippen LogP) is 2.53. The highest BCUT2D eigenvalue weighted by Crippen LogP contribution is 2.26. The van der Waals surface area contributed by atoms with Gasteiger partial charge in [-0.2, -0.15) is 0 Å². The maximum atomic E-state index is 12.2. The molecular weight excluding hydrogens is 364 g/mol. The number of rotatable bonds is 6. The molecule has 0 saturated heterocycles. The first-order valence-corrected chi connectivity index (χ1v) is 8.70. The van der Waals surface area contributed by atoms with E-state index in [1.807, 2.05) is 0 Å². The lowest BCUT2D eigenvalue weighted by atomic mass is 10.1. The summed E-state index contributed by atoms with van der Waals surface area (Å²) in [6.07, 6.45) is 0.760. The number of carbonyl (C=O) groups is 2. The van der Waals surface area contributed by atoms with E-state index < -0.39 is 11.6 Å². The van der Waals surface area contributed by atoms with E-state index in [0.29, 0.717) is 23.5 Å². The summed E-state index contributed by atoms with van der Waals surface area (Å²) in [6, 6.07) is 13.0. The molecule has 0 saturated carbocycles. The predicted molar refractivity (Wildman–Crippen MR) is 98.9 cm³/mol. The van der Waals surface area contributed by atoms with Gasteiger partial charge in [0.05, 0.1) is 6.61 Å². The molecule has 0 amide bonds. The fourth-order valence-electron chi connectivity index (χ4n) is 2.90. The van der Waals surface area contributed by atoms with Crippen LogP contribution in [0.5, 0.6) is 11.5 Å². The van der Waals surface area contributed by atoms with Gasteiger partial charge in [0.15, 0.2) is 19.0 Å². The van der Waals surface area contributed by atoms with Gasteiger partial charge in [-0.15, -0.1) is 0 Å². The lowest BCUT2D eigenvalue weighted by molar-refractivity contribution is -0.144. The van der Waals surface area contributed by atoms with Crippen molar-refractivity contribution in [1.29, 1.82) is 0 Å². The van der Waals surface area contributed by atoms with E-state index in [9.17, 15) is 14.4 Å². The van der Waals surface area contributed by atoms with Gasteiger partial charge in [0.25, 0.3) is 0 Å². The van der Waals surface area contributed by atoms with E-state index in [1.54, 1.807) is 36.4 Å². The van der Waals surface area contributed by atoms with Crippen molar-refractivity contribution < 1.29 is 28.2 Å². The molecule has 0 radical (unpaired) electrons. The third kappa shape index (κ3) is 3.88. The van der Waals surface area contributed by atoms with Crippen LogP contribution >= 0.6 is 0 Å². The van der Waals surface area contributed by atoms with E-state index in [4.69, 9.17) is 18.6 Å². The van der Waals surface area contributed by atoms with Crippen molar-refractivity contribution in [2.75, 3.05) is 19.8 Å². The van der Waals surface area contributed by atoms with Crippen LogP contribution in [0.2, 0.25) is 0 Å². The Bertz CT molecular complexity index is 1110. The van der Waals surface area contributed by atoms with Crippen molar-refractivity contribution in [2.45, 2.75) is 6.42 Å². The van der Waals surface area contributed by atoms with Crippen molar-refractivity contribution in [2.24, 2.45) is 0 Å². The highest BCUT2D eigenvalue weighted by atomic mass is 16.6. The van der Waals surface area contributed by atoms with Crippen molar-refractivity contribution in [3.63, 3.8) is 0 Å². The Kier molecular flexibility index (Phi) is 4.80. The minimum Gasteiger partial charge on any atom is -0.493 e. The third-order valence-corrected chi connectivity index (χ3v) is 4.33. The third-order valence-electron chi connectivity index (χ3n) is 4.33. The molecule has 0 N–H and O–H groups in total. The van der Waals surface area contributed by atoms with Gasteiger partial charge in [0, 0.05) is 29.5 Å². The van der Waals surface area contributed by atoms with Crippen LogP contribution in [0.4, 0.5) is 0 Å². The van der Waals surface area contributed by atoms with E-state index in [1.165, 1.54) is 12.1 Å². The number of esters is 1. The number of benzene rings is 2. The van der Waals surface area contributed by atoms with Gasteiger partial charge in [0.1, 0.15) is 17.1 Å². The zero-order valence-corrected chi connectivity index (χ0v) is 14.8. The number of fused-ring (bicyclic) bond motifs is 2. The molecule has 7 nitrogen and oxygen atoms in total. The number of hydrogen-bond acceptors (Lipinski definition) is 7. The van der Waals surface area contributed by atoms with Gasteiger partial charge in [-0.25, -0.2) is 9.59 Å². The Morgan fingerprint density at radius 2 is 1.86 bits per heavy atom. The summed E-state index contributed by atoms with van der Waals surface area (Å²) in [7, 11) is 0. The van der Waals surface area contributed by atoms with Gasteiger partial charge in [-0.05, 0) is 42.0 Å². The second-order valence-electron chi connectivity index (χ2n) is 6.25. The van der Waals surface area contributed by atoms with Crippen LogP contribution in [0.3, 0.4) is 0 Å². The molecule has 1 aliphatic heterocycles. The minimum atomic E-state index is -0.674. The van der Waals surface area contributed by atoms with Crippen molar-refractivity contribution in [3.8, 4) is 11.5 Å². The molecule has 28 heavy (non-hydrogen) atoms. The van der Waals surface area contributed by atoms with Crippen LogP contribution in [0, 0.1) is 0 Å². The minimum absolute atomic E-state index is 0.296. The van der Waals surface area contributed by atoms with Gasteiger partial charge in [0.2, 0.25) is 0 Å². The van der Waals surface area contributed by atoms with Crippen molar-refractivity contribution in [3.05, 3.63) is 70.1 Å². The molecule has 2 heterocycles. The SMILES string of the molecule is O=C(COc1ccc2ccc(=O)oc2c1)OCC(=O)c1ccc2c(c1)CCO2. The van der Waals surface area contributed by atoms with Crippen LogP contribution in [-0.4, -0.2) is 31.6 Å². The van der Waals surface area contributed by atoms with E-state index in [2.05, 4.69) is 0 Å². The van der Waals surface area contributed by atoms with Crippen LogP contribution in [-0.2, 0) is 16.0 Å². The summed E-state index contributed by atoms with van der Waals surface area (Å²) in [6.45, 7) is -0.125. The Morgan fingerprint density at radius 1 is 1.00 bits per heavy atom. The average molecular weight is 380 g/mol. The highest BCUT2D eigenvalue weighted by Gasteiger charge is 2.16. The van der Waals surface area contributed by atoms with E-state index >= 15 is 0 Å². The van der Waals surface area contributed by atoms with Gasteiger partial charge < -0.3 is 18.6 Å². The summed E-state index contributed by atoms with van der Waals surface area (Å²) in [4.78, 5) is 35.3. The standard InChI is InChI=1S/C21H16O7/c22-17(14-2-5-18-15(9-14)7-8-25-18)11-27-21(24)12-26-16-4-1-13-3-6-20(23)28-19(13)10-16/h1-6,9-10H,7-8,11-12H2. The summed E-state index contributed by atoms with van der Waals surface area (Å²) < 4.78 is 20.8. The Balaban J connectivity index is 1.31. The largest absolute Gasteiger partial charge is 0.493 e. The molecule has 0 atom stereocenters. The Labute approximate surface area is 159 Å². The summed E-state index contributed by atoms with van der Waals surface area (Å²) in [5.41, 5.74) is 1.33. The fraction of sp³-hybridized carbons (Fsp3) is 0.190. The second-order valence-corrected chi connectivity index (χ2v) is 6.25. The topological polar surface area (TPSA) is 92.0 Å². The van der Waals surface area contributed by atoms with E-state index in [0.717, 1.165) is 23.1 Å². The molecule has 1 aliphatic rings. The lowest BCUT2D eigenvalue weighted by Gasteiger charge is -2.08. The van der Waals surface area contributed by atoms with E-state index in [-0.39, 0.29) is 19.0 Å². The van der Waals surface area contributed by atoms with Crippen molar-refractivity contribution >= 4 is 22.7 Å². The summed E-state index contributed by atoms with van der Waals surface area (Å²) >= 11 is 0. The monoisotopic (exact) mass is 380 g/mol. The molecule has 4 rings (SSSR count). The summed E-state index contributed by atoms with van der Waals surface area (Å²) in [5.74, 6) is 0.167. The van der Waals surface area contributed by atoms with Gasteiger partial charge >= 0.3 is 11.6 Å². The van der Waals surface area contributed by atoms with Crippen LogP contribution in [0.1, 0.15) is 15.9 Å². The molecule has 1 aromatic heterocycles. The molecule has 0 bridgehead atoms. The number of hydrogen-bond donors (Lipinski definition) is 0. The molecule has 0 fully saturated rings. The lowest BCUT2D eigenvalue weighted by Crippen LogP contribution is -2.19. The number of ketones is 1. The van der Waals surface area contributed by atoms with Crippen LogP contribution in [0.15, 0.2) is 57.7 Å². The van der Waals surface area contributed by atoms with Gasteiger partial charge in [-0.3, -0.25) is 4.79 Å². The average Bonchev–Trinajstić information content (AvgIpc) is 3.18. The molecule has 7 heteroatoms. The quantitative estimate of drug-likeness (QED) is 0.369. The maximum absolute atomic E-state index is 12.2. The molecule has 3 aromatic rings. The van der Waals surface area contributed by atoms with Crippen LogP contribution < -0.4 is 15.1 Å².